The summed E-state index contributed by atoms with van der Waals surface area (Å²) in [6.07, 6.45) is 0. The fourth-order valence-electron chi connectivity index (χ4n) is 1.43. The van der Waals surface area contributed by atoms with Crippen molar-refractivity contribution < 1.29 is 23.1 Å². The van der Waals surface area contributed by atoms with Crippen LogP contribution in [0.5, 0.6) is 0 Å². The number of anilines is 1. The molecule has 0 aromatic heterocycles. The summed E-state index contributed by atoms with van der Waals surface area (Å²) in [6.45, 7) is 3.71. The Morgan fingerprint density at radius 3 is 2.45 bits per heavy atom. The van der Waals surface area contributed by atoms with E-state index in [-0.39, 0.29) is 17.6 Å². The number of rotatable bonds is 8. The van der Waals surface area contributed by atoms with Crippen LogP contribution in [-0.4, -0.2) is 35.2 Å². The van der Waals surface area contributed by atoms with Crippen LogP contribution in [-0.2, 0) is 14.3 Å². The minimum atomic E-state index is -2.47. The maximum absolute atomic E-state index is 12.2. The second-order valence-electron chi connectivity index (χ2n) is 4.15. The van der Waals surface area contributed by atoms with E-state index in [9.17, 15) is 18.4 Å². The first-order chi connectivity index (χ1) is 10.4. The second-order valence-corrected chi connectivity index (χ2v) is 6.54. The number of esters is 1. The molecular weight excluding hydrogens is 332 g/mol. The van der Waals surface area contributed by atoms with Crippen LogP contribution in [0.4, 0.5) is 14.5 Å². The normalized spacial score (nSPS) is 12.0. The molecule has 0 saturated heterocycles. The van der Waals surface area contributed by atoms with Gasteiger partial charge in [0.2, 0.25) is 5.91 Å². The van der Waals surface area contributed by atoms with Crippen molar-refractivity contribution in [2.75, 3.05) is 17.7 Å². The Bertz CT molecular complexity index is 497. The van der Waals surface area contributed by atoms with Gasteiger partial charge in [-0.25, -0.2) is 0 Å². The van der Waals surface area contributed by atoms with E-state index in [1.54, 1.807) is 26.0 Å². The predicted molar refractivity (Wildman–Crippen MR) is 85.5 cm³/mol. The zero-order valence-electron chi connectivity index (χ0n) is 12.2. The van der Waals surface area contributed by atoms with Crippen LogP contribution < -0.4 is 5.32 Å². The van der Waals surface area contributed by atoms with Crippen molar-refractivity contribution in [3.63, 3.8) is 0 Å². The van der Waals surface area contributed by atoms with Gasteiger partial charge in [0, 0.05) is 10.6 Å². The molecule has 0 unspecified atom stereocenters. The van der Waals surface area contributed by atoms with Gasteiger partial charge in [-0.15, -0.1) is 11.8 Å². The van der Waals surface area contributed by atoms with Gasteiger partial charge in [-0.05, 0) is 38.1 Å². The number of thioether (sulfide) groups is 2. The van der Waals surface area contributed by atoms with Gasteiger partial charge in [0.25, 0.3) is 5.76 Å². The third-order valence-electron chi connectivity index (χ3n) is 2.47. The standard InChI is InChI=1S/C14H17F2NO3S2/c1-3-20-12(18)8-21-9(2)13(19)17-10-4-6-11(7-5-10)22-14(15)16/h4-7,9,14H,3,8H2,1-2H3,(H,17,19)/t9-/m1/s1. The number of amides is 1. The van der Waals surface area contributed by atoms with Crippen molar-refractivity contribution in [1.82, 2.24) is 0 Å². The van der Waals surface area contributed by atoms with Crippen molar-refractivity contribution in [1.29, 1.82) is 0 Å². The van der Waals surface area contributed by atoms with Crippen LogP contribution in [0.3, 0.4) is 0 Å². The Morgan fingerprint density at radius 1 is 1.27 bits per heavy atom. The summed E-state index contributed by atoms with van der Waals surface area (Å²) in [5, 5.41) is 2.24. The van der Waals surface area contributed by atoms with Gasteiger partial charge in [0.05, 0.1) is 17.6 Å². The highest BCUT2D eigenvalue weighted by atomic mass is 32.2. The molecule has 0 aliphatic carbocycles. The quantitative estimate of drug-likeness (QED) is 0.574. The number of carbonyl (C=O) groups excluding carboxylic acids is 2. The van der Waals surface area contributed by atoms with E-state index < -0.39 is 11.0 Å². The molecule has 0 saturated carbocycles. The number of nitrogens with one attached hydrogen (secondary N) is 1. The molecule has 0 spiro atoms. The van der Waals surface area contributed by atoms with Gasteiger partial charge in [0.1, 0.15) is 0 Å². The van der Waals surface area contributed by atoms with Gasteiger partial charge in [-0.1, -0.05) is 11.8 Å². The van der Waals surface area contributed by atoms with Crippen molar-refractivity contribution in [2.24, 2.45) is 0 Å². The molecule has 1 rings (SSSR count). The first-order valence-corrected chi connectivity index (χ1v) is 8.48. The molecule has 1 atom stereocenters. The number of ether oxygens (including phenoxy) is 1. The summed E-state index contributed by atoms with van der Waals surface area (Å²) >= 11 is 1.62. The molecule has 1 aromatic rings. The van der Waals surface area contributed by atoms with Crippen molar-refractivity contribution >= 4 is 41.1 Å². The minimum Gasteiger partial charge on any atom is -0.465 e. The number of benzene rings is 1. The lowest BCUT2D eigenvalue weighted by Gasteiger charge is -2.12. The lowest BCUT2D eigenvalue weighted by Crippen LogP contribution is -2.24. The summed E-state index contributed by atoms with van der Waals surface area (Å²) < 4.78 is 29.2. The largest absolute Gasteiger partial charge is 0.465 e. The second kappa shape index (κ2) is 9.68. The first kappa shape index (κ1) is 18.8. The lowest BCUT2D eigenvalue weighted by atomic mass is 10.3. The van der Waals surface area contributed by atoms with Crippen LogP contribution in [0.1, 0.15) is 13.8 Å². The monoisotopic (exact) mass is 349 g/mol. The molecule has 4 nitrogen and oxygen atoms in total. The van der Waals surface area contributed by atoms with Crippen LogP contribution in [0, 0.1) is 0 Å². The molecule has 0 aliphatic heterocycles. The Labute approximate surface area is 136 Å². The summed E-state index contributed by atoms with van der Waals surface area (Å²) in [4.78, 5) is 23.6. The van der Waals surface area contributed by atoms with Gasteiger partial charge in [-0.2, -0.15) is 8.78 Å². The molecule has 0 heterocycles. The van der Waals surface area contributed by atoms with Gasteiger partial charge in [0.15, 0.2) is 0 Å². The third kappa shape index (κ3) is 7.13. The highest BCUT2D eigenvalue weighted by molar-refractivity contribution is 8.01. The highest BCUT2D eigenvalue weighted by Crippen LogP contribution is 2.26. The molecular formula is C14H17F2NO3S2. The van der Waals surface area contributed by atoms with Gasteiger partial charge in [-0.3, -0.25) is 9.59 Å². The Hall–Kier alpha value is -1.28. The smallest absolute Gasteiger partial charge is 0.315 e. The summed E-state index contributed by atoms with van der Waals surface area (Å²) in [5.41, 5.74) is 0.521. The molecule has 0 fully saturated rings. The number of alkyl halides is 2. The van der Waals surface area contributed by atoms with E-state index in [2.05, 4.69) is 5.32 Å². The number of hydrogen-bond donors (Lipinski definition) is 1. The molecule has 8 heteroatoms. The average molecular weight is 349 g/mol. The molecule has 0 bridgehead atoms. The fraction of sp³-hybridized carbons (Fsp3) is 0.429. The number of halogens is 2. The molecule has 1 N–H and O–H groups in total. The van der Waals surface area contributed by atoms with Crippen LogP contribution in [0.25, 0.3) is 0 Å². The molecule has 1 amide bonds. The SMILES string of the molecule is CCOC(=O)CS[C@H](C)C(=O)Nc1ccc(SC(F)F)cc1. The zero-order chi connectivity index (χ0) is 16.5. The van der Waals surface area contributed by atoms with E-state index in [0.717, 1.165) is 0 Å². The van der Waals surface area contributed by atoms with Crippen molar-refractivity contribution in [3.05, 3.63) is 24.3 Å². The Kier molecular flexibility index (Phi) is 8.26. The highest BCUT2D eigenvalue weighted by Gasteiger charge is 2.16. The first-order valence-electron chi connectivity index (χ1n) is 6.55. The van der Waals surface area contributed by atoms with E-state index in [1.165, 1.54) is 23.9 Å². The molecule has 1 aromatic carbocycles. The Morgan fingerprint density at radius 2 is 1.91 bits per heavy atom. The minimum absolute atomic E-state index is 0.104. The maximum atomic E-state index is 12.2. The van der Waals surface area contributed by atoms with Crippen molar-refractivity contribution in [3.8, 4) is 0 Å². The molecule has 0 aliphatic rings. The summed E-state index contributed by atoms with van der Waals surface area (Å²) in [7, 11) is 0. The Balaban J connectivity index is 2.44. The van der Waals surface area contributed by atoms with E-state index in [0.29, 0.717) is 29.0 Å². The van der Waals surface area contributed by atoms with Crippen molar-refractivity contribution in [2.45, 2.75) is 29.8 Å². The predicted octanol–water partition coefficient (Wildman–Crippen LogP) is 3.62. The fourth-order valence-corrected chi connectivity index (χ4v) is 2.61. The zero-order valence-corrected chi connectivity index (χ0v) is 13.8. The lowest BCUT2D eigenvalue weighted by molar-refractivity contribution is -0.139. The molecule has 22 heavy (non-hydrogen) atoms. The number of carbonyl (C=O) groups is 2. The van der Waals surface area contributed by atoms with Gasteiger partial charge >= 0.3 is 5.97 Å². The summed E-state index contributed by atoms with van der Waals surface area (Å²) in [6, 6.07) is 6.16. The van der Waals surface area contributed by atoms with Crippen LogP contribution in [0.2, 0.25) is 0 Å². The van der Waals surface area contributed by atoms with Gasteiger partial charge < -0.3 is 10.1 Å². The van der Waals surface area contributed by atoms with Crippen LogP contribution in [0.15, 0.2) is 29.2 Å². The topological polar surface area (TPSA) is 55.4 Å². The molecule has 0 radical (unpaired) electrons. The van der Waals surface area contributed by atoms with E-state index in [4.69, 9.17) is 4.74 Å². The third-order valence-corrected chi connectivity index (χ3v) is 4.31. The maximum Gasteiger partial charge on any atom is 0.315 e. The van der Waals surface area contributed by atoms with E-state index in [1.807, 2.05) is 0 Å². The number of hydrogen-bond acceptors (Lipinski definition) is 5. The molecule has 122 valence electrons. The van der Waals surface area contributed by atoms with Crippen LogP contribution >= 0.6 is 23.5 Å². The average Bonchev–Trinajstić information content (AvgIpc) is 2.46. The summed E-state index contributed by atoms with van der Waals surface area (Å²) in [5.74, 6) is -2.99. The van der Waals surface area contributed by atoms with E-state index >= 15 is 0 Å².